The Morgan fingerprint density at radius 3 is 2.89 bits per heavy atom. The highest BCUT2D eigenvalue weighted by atomic mass is 16.7. The van der Waals surface area contributed by atoms with Crippen molar-refractivity contribution in [1.82, 2.24) is 15.0 Å². The van der Waals surface area contributed by atoms with Crippen LogP contribution in [0.15, 0.2) is 24.4 Å². The number of hydrogen-bond acceptors (Lipinski definition) is 5. The Bertz CT molecular complexity index is 586. The van der Waals surface area contributed by atoms with Crippen molar-refractivity contribution in [3.63, 3.8) is 0 Å². The van der Waals surface area contributed by atoms with Crippen LogP contribution in [0.25, 0.3) is 11.3 Å². The Hall–Kier alpha value is -2.39. The van der Waals surface area contributed by atoms with Crippen molar-refractivity contribution < 1.29 is 9.47 Å². The van der Waals surface area contributed by atoms with Gasteiger partial charge < -0.3 is 9.47 Å². The van der Waals surface area contributed by atoms with Gasteiger partial charge in [0.15, 0.2) is 6.79 Å². The van der Waals surface area contributed by atoms with Gasteiger partial charge in [-0.1, -0.05) is 5.21 Å². The molecular formula is C12H12N4O2. The minimum atomic E-state index is 0.159. The average Bonchev–Trinajstić information content (AvgIpc) is 2.82. The Balaban J connectivity index is 2.40. The van der Waals surface area contributed by atoms with Crippen LogP contribution in [0.4, 0.5) is 0 Å². The van der Waals surface area contributed by atoms with Crippen LogP contribution in [0.3, 0.4) is 0 Å². The molecule has 0 atom stereocenters. The average molecular weight is 244 g/mol. The lowest BCUT2D eigenvalue weighted by Gasteiger charge is -2.06. The predicted molar refractivity (Wildman–Crippen MR) is 63.7 cm³/mol. The molecule has 0 aliphatic heterocycles. The van der Waals surface area contributed by atoms with Crippen molar-refractivity contribution >= 4 is 0 Å². The number of benzene rings is 1. The fourth-order valence-electron chi connectivity index (χ4n) is 1.52. The summed E-state index contributed by atoms with van der Waals surface area (Å²) in [5, 5.41) is 16.9. The van der Waals surface area contributed by atoms with E-state index in [4.69, 9.17) is 14.7 Å². The normalized spacial score (nSPS) is 10.1. The van der Waals surface area contributed by atoms with E-state index in [1.54, 1.807) is 43.2 Å². The zero-order valence-corrected chi connectivity index (χ0v) is 10.1. The van der Waals surface area contributed by atoms with Crippen LogP contribution in [-0.4, -0.2) is 28.9 Å². The van der Waals surface area contributed by atoms with Crippen LogP contribution >= 0.6 is 0 Å². The summed E-state index contributed by atoms with van der Waals surface area (Å²) in [5.74, 6) is 0.622. The second-order valence-corrected chi connectivity index (χ2v) is 3.65. The highest BCUT2D eigenvalue weighted by molar-refractivity contribution is 5.68. The molecule has 0 N–H and O–H groups in total. The summed E-state index contributed by atoms with van der Waals surface area (Å²) in [6, 6.07) is 7.28. The smallest absolute Gasteiger partial charge is 0.188 e. The number of nitriles is 1. The van der Waals surface area contributed by atoms with Gasteiger partial charge in [0.25, 0.3) is 0 Å². The van der Waals surface area contributed by atoms with E-state index >= 15 is 0 Å². The number of aryl methyl sites for hydroxylation is 1. The molecule has 0 radical (unpaired) electrons. The second-order valence-electron chi connectivity index (χ2n) is 3.65. The number of rotatable bonds is 4. The predicted octanol–water partition coefficient (Wildman–Crippen LogP) is 1.34. The summed E-state index contributed by atoms with van der Waals surface area (Å²) in [4.78, 5) is 0. The van der Waals surface area contributed by atoms with Gasteiger partial charge in [-0.05, 0) is 18.2 Å². The highest BCUT2D eigenvalue weighted by Crippen LogP contribution is 2.25. The summed E-state index contributed by atoms with van der Waals surface area (Å²) < 4.78 is 11.8. The summed E-state index contributed by atoms with van der Waals surface area (Å²) in [6.07, 6.45) is 1.75. The quantitative estimate of drug-likeness (QED) is 0.759. The van der Waals surface area contributed by atoms with Gasteiger partial charge in [0, 0.05) is 19.7 Å². The molecule has 0 spiro atoms. The fourth-order valence-corrected chi connectivity index (χ4v) is 1.52. The molecule has 2 aromatic rings. The lowest BCUT2D eigenvalue weighted by Crippen LogP contribution is -1.99. The topological polar surface area (TPSA) is 73.0 Å². The minimum absolute atomic E-state index is 0.159. The minimum Gasteiger partial charge on any atom is -0.468 e. The van der Waals surface area contributed by atoms with Crippen LogP contribution in [0.1, 0.15) is 5.56 Å². The molecular weight excluding hydrogens is 232 g/mol. The highest BCUT2D eigenvalue weighted by Gasteiger charge is 2.10. The zero-order valence-electron chi connectivity index (χ0n) is 10.1. The molecule has 0 saturated carbocycles. The maximum absolute atomic E-state index is 9.08. The Morgan fingerprint density at radius 1 is 1.44 bits per heavy atom. The molecule has 0 unspecified atom stereocenters. The Labute approximate surface area is 104 Å². The number of hydrogen-bond donors (Lipinski definition) is 0. The molecule has 18 heavy (non-hydrogen) atoms. The SMILES string of the molecule is COCOc1ccc(C#N)c(-c2cn(C)nn2)c1. The van der Waals surface area contributed by atoms with Gasteiger partial charge in [0.2, 0.25) is 0 Å². The molecule has 6 nitrogen and oxygen atoms in total. The van der Waals surface area contributed by atoms with Gasteiger partial charge in [-0.2, -0.15) is 5.26 Å². The monoisotopic (exact) mass is 244 g/mol. The molecule has 1 aromatic heterocycles. The number of nitrogens with zero attached hydrogens (tertiary/aromatic N) is 4. The van der Waals surface area contributed by atoms with Gasteiger partial charge in [-0.3, -0.25) is 4.68 Å². The van der Waals surface area contributed by atoms with Gasteiger partial charge >= 0.3 is 0 Å². The first-order valence-electron chi connectivity index (χ1n) is 5.27. The second kappa shape index (κ2) is 5.29. The third-order valence-corrected chi connectivity index (χ3v) is 2.33. The van der Waals surface area contributed by atoms with Gasteiger partial charge in [-0.25, -0.2) is 0 Å². The largest absolute Gasteiger partial charge is 0.468 e. The fraction of sp³-hybridized carbons (Fsp3) is 0.250. The molecule has 0 aliphatic carbocycles. The van der Waals surface area contributed by atoms with E-state index in [1.165, 1.54) is 0 Å². The summed E-state index contributed by atoms with van der Waals surface area (Å²) >= 11 is 0. The van der Waals surface area contributed by atoms with Crippen molar-refractivity contribution in [1.29, 1.82) is 5.26 Å². The first kappa shape index (κ1) is 12.1. The van der Waals surface area contributed by atoms with Gasteiger partial charge in [0.1, 0.15) is 11.4 Å². The molecule has 0 saturated heterocycles. The van der Waals surface area contributed by atoms with Crippen LogP contribution in [0.2, 0.25) is 0 Å². The lowest BCUT2D eigenvalue weighted by atomic mass is 10.1. The molecule has 0 bridgehead atoms. The summed E-state index contributed by atoms with van der Waals surface area (Å²) in [5.41, 5.74) is 1.86. The van der Waals surface area contributed by atoms with Crippen LogP contribution in [0.5, 0.6) is 5.75 Å². The molecule has 1 aromatic carbocycles. The van der Waals surface area contributed by atoms with E-state index in [-0.39, 0.29) is 6.79 Å². The van der Waals surface area contributed by atoms with Crippen LogP contribution < -0.4 is 4.74 Å². The lowest BCUT2D eigenvalue weighted by molar-refractivity contribution is 0.0511. The molecule has 2 rings (SSSR count). The van der Waals surface area contributed by atoms with Crippen LogP contribution in [0, 0.1) is 11.3 Å². The van der Waals surface area contributed by atoms with Crippen molar-refractivity contribution in [2.75, 3.05) is 13.9 Å². The number of ether oxygens (including phenoxy) is 2. The van der Waals surface area contributed by atoms with E-state index in [2.05, 4.69) is 16.4 Å². The number of methoxy groups -OCH3 is 1. The third-order valence-electron chi connectivity index (χ3n) is 2.33. The maximum atomic E-state index is 9.08. The van der Waals surface area contributed by atoms with E-state index in [9.17, 15) is 0 Å². The van der Waals surface area contributed by atoms with E-state index in [0.29, 0.717) is 22.6 Å². The molecule has 0 aliphatic rings. The molecule has 1 heterocycles. The van der Waals surface area contributed by atoms with E-state index < -0.39 is 0 Å². The molecule has 0 amide bonds. The van der Waals surface area contributed by atoms with E-state index in [1.807, 2.05) is 0 Å². The van der Waals surface area contributed by atoms with Crippen molar-refractivity contribution in [3.8, 4) is 23.1 Å². The van der Waals surface area contributed by atoms with Crippen molar-refractivity contribution in [2.24, 2.45) is 7.05 Å². The summed E-state index contributed by atoms with van der Waals surface area (Å²) in [7, 11) is 3.32. The Kier molecular flexibility index (Phi) is 3.55. The first-order valence-corrected chi connectivity index (χ1v) is 5.27. The summed E-state index contributed by atoms with van der Waals surface area (Å²) in [6.45, 7) is 0.159. The van der Waals surface area contributed by atoms with Crippen LogP contribution in [-0.2, 0) is 11.8 Å². The van der Waals surface area contributed by atoms with Gasteiger partial charge in [0.05, 0.1) is 17.8 Å². The Morgan fingerprint density at radius 2 is 2.28 bits per heavy atom. The first-order chi connectivity index (χ1) is 8.74. The zero-order chi connectivity index (χ0) is 13.0. The third kappa shape index (κ3) is 2.47. The molecule has 0 fully saturated rings. The standard InChI is InChI=1S/C12H12N4O2/c1-16-7-12(14-15-16)11-5-10(18-8-17-2)4-3-9(11)6-13/h3-5,7H,8H2,1-2H3. The van der Waals surface area contributed by atoms with Crippen molar-refractivity contribution in [2.45, 2.75) is 0 Å². The van der Waals surface area contributed by atoms with E-state index in [0.717, 1.165) is 0 Å². The van der Waals surface area contributed by atoms with Crippen molar-refractivity contribution in [3.05, 3.63) is 30.0 Å². The van der Waals surface area contributed by atoms with Gasteiger partial charge in [-0.15, -0.1) is 5.10 Å². The molecule has 92 valence electrons. The maximum Gasteiger partial charge on any atom is 0.188 e. The number of aromatic nitrogens is 3. The molecule has 6 heteroatoms.